The van der Waals surface area contributed by atoms with E-state index in [4.69, 9.17) is 15.2 Å². The van der Waals surface area contributed by atoms with Gasteiger partial charge in [0.2, 0.25) is 0 Å². The molecule has 1 aromatic rings. The number of hydrogen-bond donors (Lipinski definition) is 1. The summed E-state index contributed by atoms with van der Waals surface area (Å²) in [6, 6.07) is 6.16. The molecule has 0 aliphatic carbocycles. The molecule has 0 unspecified atom stereocenters. The number of hydrogen-bond acceptors (Lipinski definition) is 3. The van der Waals surface area contributed by atoms with Crippen molar-refractivity contribution in [3.63, 3.8) is 0 Å². The minimum atomic E-state index is 0. The number of benzene rings is 1. The van der Waals surface area contributed by atoms with Crippen molar-refractivity contribution >= 4 is 12.4 Å². The molecule has 0 spiro atoms. The van der Waals surface area contributed by atoms with Crippen LogP contribution in [0.15, 0.2) is 18.2 Å². The molecule has 0 radical (unpaired) electrons. The maximum Gasteiger partial charge on any atom is 0.0719 e. The molecule has 0 heterocycles. The Hall–Kier alpha value is -0.610. The molecule has 2 N–H and O–H groups in total. The molecule has 0 amide bonds. The fourth-order valence-corrected chi connectivity index (χ4v) is 1.64. The summed E-state index contributed by atoms with van der Waals surface area (Å²) in [5.41, 5.74) is 9.28. The molecule has 4 heteroatoms. The van der Waals surface area contributed by atoms with E-state index < -0.39 is 0 Å². The van der Waals surface area contributed by atoms with Gasteiger partial charge in [-0.1, -0.05) is 18.2 Å². The zero-order chi connectivity index (χ0) is 11.8. The Kier molecular flexibility index (Phi) is 9.09. The Morgan fingerprint density at radius 2 is 1.47 bits per heavy atom. The molecule has 0 bridgehead atoms. The third-order valence-corrected chi connectivity index (χ3v) is 2.50. The number of ether oxygens (including phenoxy) is 2. The standard InChI is InChI=1S/C13H21NO2.ClH/c1-3-15-9-11-6-5-7-12(10-16-4-2)13(11)8-14;/h5-7H,3-4,8-10,14H2,1-2H3;1H. The van der Waals surface area contributed by atoms with Crippen LogP contribution in [-0.4, -0.2) is 13.2 Å². The number of halogens is 1. The highest BCUT2D eigenvalue weighted by Gasteiger charge is 2.06. The van der Waals surface area contributed by atoms with E-state index in [2.05, 4.69) is 12.1 Å². The molecule has 98 valence electrons. The van der Waals surface area contributed by atoms with Gasteiger partial charge in [0.15, 0.2) is 0 Å². The van der Waals surface area contributed by atoms with Crippen LogP contribution in [0.5, 0.6) is 0 Å². The van der Waals surface area contributed by atoms with Gasteiger partial charge in [-0.2, -0.15) is 0 Å². The summed E-state index contributed by atoms with van der Waals surface area (Å²) in [6.45, 7) is 7.22. The Bertz CT molecular complexity index is 292. The van der Waals surface area contributed by atoms with Crippen molar-refractivity contribution in [2.75, 3.05) is 13.2 Å². The smallest absolute Gasteiger partial charge is 0.0719 e. The quantitative estimate of drug-likeness (QED) is 0.819. The minimum absolute atomic E-state index is 0. The molecule has 0 saturated carbocycles. The van der Waals surface area contributed by atoms with Crippen LogP contribution in [0.2, 0.25) is 0 Å². The lowest BCUT2D eigenvalue weighted by Gasteiger charge is -2.13. The molecule has 0 aliphatic heterocycles. The van der Waals surface area contributed by atoms with E-state index >= 15 is 0 Å². The van der Waals surface area contributed by atoms with E-state index in [9.17, 15) is 0 Å². The molecule has 0 atom stereocenters. The monoisotopic (exact) mass is 259 g/mol. The molecule has 0 aliphatic rings. The molecule has 17 heavy (non-hydrogen) atoms. The van der Waals surface area contributed by atoms with Gasteiger partial charge in [0, 0.05) is 19.8 Å². The topological polar surface area (TPSA) is 44.5 Å². The second kappa shape index (κ2) is 9.42. The Labute approximate surface area is 110 Å². The maximum atomic E-state index is 5.78. The third kappa shape index (κ3) is 5.04. The van der Waals surface area contributed by atoms with Crippen LogP contribution in [0, 0.1) is 0 Å². The molecular weight excluding hydrogens is 238 g/mol. The lowest BCUT2D eigenvalue weighted by Crippen LogP contribution is -2.08. The van der Waals surface area contributed by atoms with E-state index in [1.807, 2.05) is 19.9 Å². The van der Waals surface area contributed by atoms with Crippen LogP contribution in [0.1, 0.15) is 30.5 Å². The molecule has 1 rings (SSSR count). The highest BCUT2D eigenvalue weighted by molar-refractivity contribution is 5.85. The van der Waals surface area contributed by atoms with E-state index in [-0.39, 0.29) is 12.4 Å². The average Bonchev–Trinajstić information content (AvgIpc) is 2.33. The largest absolute Gasteiger partial charge is 0.377 e. The predicted octanol–water partition coefficient (Wildman–Crippen LogP) is 2.64. The van der Waals surface area contributed by atoms with E-state index in [1.165, 1.54) is 11.1 Å². The zero-order valence-electron chi connectivity index (χ0n) is 10.6. The Morgan fingerprint density at radius 3 is 1.82 bits per heavy atom. The molecule has 3 nitrogen and oxygen atoms in total. The van der Waals surface area contributed by atoms with Crippen molar-refractivity contribution < 1.29 is 9.47 Å². The van der Waals surface area contributed by atoms with E-state index in [1.54, 1.807) is 0 Å². The van der Waals surface area contributed by atoms with Gasteiger partial charge in [-0.25, -0.2) is 0 Å². The van der Waals surface area contributed by atoms with Gasteiger partial charge in [-0.15, -0.1) is 12.4 Å². The van der Waals surface area contributed by atoms with Gasteiger partial charge in [-0.05, 0) is 30.5 Å². The molecule has 0 fully saturated rings. The average molecular weight is 260 g/mol. The van der Waals surface area contributed by atoms with Crippen molar-refractivity contribution in [3.8, 4) is 0 Å². The molecule has 1 aromatic carbocycles. The zero-order valence-corrected chi connectivity index (χ0v) is 11.4. The molecule has 0 saturated heterocycles. The summed E-state index contributed by atoms with van der Waals surface area (Å²) in [7, 11) is 0. The van der Waals surface area contributed by atoms with Crippen LogP contribution in [-0.2, 0) is 29.2 Å². The molecular formula is C13H22ClNO2. The normalized spacial score (nSPS) is 10.1. The van der Waals surface area contributed by atoms with Gasteiger partial charge in [-0.3, -0.25) is 0 Å². The first-order valence-corrected chi connectivity index (χ1v) is 5.78. The lowest BCUT2D eigenvalue weighted by molar-refractivity contribution is 0.129. The maximum absolute atomic E-state index is 5.78. The van der Waals surface area contributed by atoms with Gasteiger partial charge in [0.05, 0.1) is 13.2 Å². The van der Waals surface area contributed by atoms with Crippen LogP contribution in [0.4, 0.5) is 0 Å². The van der Waals surface area contributed by atoms with Crippen LogP contribution < -0.4 is 5.73 Å². The second-order valence-electron chi connectivity index (χ2n) is 3.53. The fourth-order valence-electron chi connectivity index (χ4n) is 1.64. The summed E-state index contributed by atoms with van der Waals surface area (Å²) in [6.07, 6.45) is 0. The first-order valence-electron chi connectivity index (χ1n) is 5.78. The summed E-state index contributed by atoms with van der Waals surface area (Å²) in [4.78, 5) is 0. The van der Waals surface area contributed by atoms with Crippen LogP contribution in [0.25, 0.3) is 0 Å². The molecule has 0 aromatic heterocycles. The van der Waals surface area contributed by atoms with Gasteiger partial charge >= 0.3 is 0 Å². The number of nitrogens with two attached hydrogens (primary N) is 1. The van der Waals surface area contributed by atoms with Gasteiger partial charge < -0.3 is 15.2 Å². The van der Waals surface area contributed by atoms with Crippen molar-refractivity contribution in [2.45, 2.75) is 33.6 Å². The van der Waals surface area contributed by atoms with Crippen molar-refractivity contribution in [2.24, 2.45) is 5.73 Å². The highest BCUT2D eigenvalue weighted by Crippen LogP contribution is 2.16. The van der Waals surface area contributed by atoms with Crippen LogP contribution >= 0.6 is 12.4 Å². The van der Waals surface area contributed by atoms with E-state index in [0.717, 1.165) is 18.8 Å². The van der Waals surface area contributed by atoms with Crippen LogP contribution in [0.3, 0.4) is 0 Å². The minimum Gasteiger partial charge on any atom is -0.377 e. The summed E-state index contributed by atoms with van der Waals surface area (Å²) in [5.74, 6) is 0. The predicted molar refractivity (Wildman–Crippen MR) is 72.2 cm³/mol. The second-order valence-corrected chi connectivity index (χ2v) is 3.53. The lowest BCUT2D eigenvalue weighted by atomic mass is 10.0. The van der Waals surface area contributed by atoms with Gasteiger partial charge in [0.1, 0.15) is 0 Å². The number of rotatable bonds is 7. The summed E-state index contributed by atoms with van der Waals surface area (Å²) in [5, 5.41) is 0. The first-order chi connectivity index (χ1) is 7.83. The van der Waals surface area contributed by atoms with E-state index in [0.29, 0.717) is 19.8 Å². The SMILES string of the molecule is CCOCc1cccc(COCC)c1CN.Cl. The Balaban J connectivity index is 0.00000256. The highest BCUT2D eigenvalue weighted by atomic mass is 35.5. The fraction of sp³-hybridized carbons (Fsp3) is 0.538. The summed E-state index contributed by atoms with van der Waals surface area (Å²) >= 11 is 0. The third-order valence-electron chi connectivity index (χ3n) is 2.50. The van der Waals surface area contributed by atoms with Gasteiger partial charge in [0.25, 0.3) is 0 Å². The Morgan fingerprint density at radius 1 is 1.00 bits per heavy atom. The van der Waals surface area contributed by atoms with Crippen molar-refractivity contribution in [3.05, 3.63) is 34.9 Å². The van der Waals surface area contributed by atoms with Crippen molar-refractivity contribution in [1.82, 2.24) is 0 Å². The first kappa shape index (κ1) is 16.4. The summed E-state index contributed by atoms with van der Waals surface area (Å²) < 4.78 is 10.9. The van der Waals surface area contributed by atoms with Crippen molar-refractivity contribution in [1.29, 1.82) is 0 Å².